The SMILES string of the molecule is O=C(Nc1cccnc1)N1CCOC(c2ccnc(N3CCCC3)n2)C1. The molecule has 0 bridgehead atoms. The fourth-order valence-electron chi connectivity index (χ4n) is 3.26. The van der Waals surface area contributed by atoms with Crippen LogP contribution in [0.4, 0.5) is 16.4 Å². The average Bonchev–Trinajstić information content (AvgIpc) is 3.24. The van der Waals surface area contributed by atoms with Gasteiger partial charge >= 0.3 is 6.03 Å². The molecule has 0 spiro atoms. The summed E-state index contributed by atoms with van der Waals surface area (Å²) in [7, 11) is 0. The van der Waals surface area contributed by atoms with Crippen molar-refractivity contribution in [1.82, 2.24) is 19.9 Å². The van der Waals surface area contributed by atoms with Crippen LogP contribution in [0, 0.1) is 0 Å². The summed E-state index contributed by atoms with van der Waals surface area (Å²) in [5.41, 5.74) is 1.50. The number of carbonyl (C=O) groups is 1. The summed E-state index contributed by atoms with van der Waals surface area (Å²) in [6.07, 6.45) is 7.18. The molecule has 2 aliphatic rings. The van der Waals surface area contributed by atoms with E-state index in [4.69, 9.17) is 4.74 Å². The Labute approximate surface area is 152 Å². The second kappa shape index (κ2) is 7.65. The molecule has 2 aromatic heterocycles. The van der Waals surface area contributed by atoms with Gasteiger partial charge in [0.1, 0.15) is 6.10 Å². The molecule has 0 saturated carbocycles. The summed E-state index contributed by atoms with van der Waals surface area (Å²) in [6, 6.07) is 5.32. The Morgan fingerprint density at radius 3 is 2.88 bits per heavy atom. The van der Waals surface area contributed by atoms with Crippen molar-refractivity contribution in [1.29, 1.82) is 0 Å². The van der Waals surface area contributed by atoms with Crippen LogP contribution in [0.1, 0.15) is 24.6 Å². The van der Waals surface area contributed by atoms with Gasteiger partial charge < -0.3 is 19.9 Å². The first-order valence-electron chi connectivity index (χ1n) is 8.95. The van der Waals surface area contributed by atoms with Crippen LogP contribution in [0.2, 0.25) is 0 Å². The van der Waals surface area contributed by atoms with Gasteiger partial charge in [-0.1, -0.05) is 0 Å². The second-order valence-corrected chi connectivity index (χ2v) is 6.45. The topological polar surface area (TPSA) is 83.5 Å². The van der Waals surface area contributed by atoms with Crippen molar-refractivity contribution < 1.29 is 9.53 Å². The highest BCUT2D eigenvalue weighted by atomic mass is 16.5. The molecular weight excluding hydrogens is 332 g/mol. The molecule has 136 valence electrons. The first-order chi connectivity index (χ1) is 12.8. The third-order valence-electron chi connectivity index (χ3n) is 4.65. The lowest BCUT2D eigenvalue weighted by Gasteiger charge is -2.32. The first-order valence-corrected chi connectivity index (χ1v) is 8.95. The number of aromatic nitrogens is 3. The van der Waals surface area contributed by atoms with E-state index in [0.29, 0.717) is 25.4 Å². The van der Waals surface area contributed by atoms with Crippen molar-refractivity contribution >= 4 is 17.7 Å². The molecule has 2 fully saturated rings. The molecule has 2 amide bonds. The second-order valence-electron chi connectivity index (χ2n) is 6.45. The number of morpholine rings is 1. The minimum Gasteiger partial charge on any atom is -0.368 e. The van der Waals surface area contributed by atoms with Crippen molar-refractivity contribution in [3.05, 3.63) is 42.5 Å². The molecule has 2 aliphatic heterocycles. The molecule has 26 heavy (non-hydrogen) atoms. The van der Waals surface area contributed by atoms with Crippen LogP contribution in [0.15, 0.2) is 36.8 Å². The molecule has 8 heteroatoms. The van der Waals surface area contributed by atoms with E-state index in [2.05, 4.69) is 25.2 Å². The molecule has 2 saturated heterocycles. The van der Waals surface area contributed by atoms with Crippen LogP contribution in [-0.4, -0.2) is 58.7 Å². The number of pyridine rings is 1. The van der Waals surface area contributed by atoms with Crippen LogP contribution in [0.3, 0.4) is 0 Å². The first kappa shape index (κ1) is 16.7. The van der Waals surface area contributed by atoms with Gasteiger partial charge in [-0.15, -0.1) is 0 Å². The number of amides is 2. The maximum atomic E-state index is 12.5. The van der Waals surface area contributed by atoms with E-state index < -0.39 is 0 Å². The van der Waals surface area contributed by atoms with Gasteiger partial charge in [0.25, 0.3) is 0 Å². The summed E-state index contributed by atoms with van der Waals surface area (Å²) in [5.74, 6) is 0.750. The molecule has 8 nitrogen and oxygen atoms in total. The minimum atomic E-state index is -0.243. The summed E-state index contributed by atoms with van der Waals surface area (Å²) < 4.78 is 5.87. The Kier molecular flexibility index (Phi) is 4.92. The molecule has 0 aromatic carbocycles. The maximum Gasteiger partial charge on any atom is 0.322 e. The lowest BCUT2D eigenvalue weighted by atomic mass is 10.2. The summed E-state index contributed by atoms with van der Waals surface area (Å²) >= 11 is 0. The molecule has 1 atom stereocenters. The number of carbonyl (C=O) groups excluding carboxylic acids is 1. The van der Waals surface area contributed by atoms with Gasteiger partial charge in [-0.25, -0.2) is 14.8 Å². The van der Waals surface area contributed by atoms with Crippen molar-refractivity contribution in [3.63, 3.8) is 0 Å². The van der Waals surface area contributed by atoms with E-state index in [-0.39, 0.29) is 12.1 Å². The van der Waals surface area contributed by atoms with Gasteiger partial charge in [-0.2, -0.15) is 0 Å². The highest BCUT2D eigenvalue weighted by Gasteiger charge is 2.27. The minimum absolute atomic E-state index is 0.153. The molecule has 4 heterocycles. The Morgan fingerprint density at radius 1 is 1.19 bits per heavy atom. The van der Waals surface area contributed by atoms with Gasteiger partial charge in [-0.05, 0) is 31.0 Å². The van der Waals surface area contributed by atoms with Crippen LogP contribution < -0.4 is 10.2 Å². The van der Waals surface area contributed by atoms with Crippen molar-refractivity contribution in [3.8, 4) is 0 Å². The number of rotatable bonds is 3. The van der Waals surface area contributed by atoms with Gasteiger partial charge in [-0.3, -0.25) is 4.98 Å². The van der Waals surface area contributed by atoms with E-state index in [1.807, 2.05) is 12.1 Å². The van der Waals surface area contributed by atoms with Crippen molar-refractivity contribution in [2.45, 2.75) is 18.9 Å². The Morgan fingerprint density at radius 2 is 2.08 bits per heavy atom. The van der Waals surface area contributed by atoms with Crippen LogP contribution in [0.25, 0.3) is 0 Å². The normalized spacial score (nSPS) is 20.2. The van der Waals surface area contributed by atoms with E-state index in [1.54, 1.807) is 29.6 Å². The fraction of sp³-hybridized carbons (Fsp3) is 0.444. The number of hydrogen-bond donors (Lipinski definition) is 1. The number of anilines is 2. The van der Waals surface area contributed by atoms with E-state index >= 15 is 0 Å². The zero-order valence-corrected chi connectivity index (χ0v) is 14.5. The van der Waals surface area contributed by atoms with E-state index in [9.17, 15) is 4.79 Å². The molecule has 0 radical (unpaired) electrons. The quantitative estimate of drug-likeness (QED) is 0.909. The number of nitrogens with zero attached hydrogens (tertiary/aromatic N) is 5. The Bertz CT molecular complexity index is 750. The highest BCUT2D eigenvalue weighted by Crippen LogP contribution is 2.23. The zero-order valence-electron chi connectivity index (χ0n) is 14.5. The number of nitrogens with one attached hydrogen (secondary N) is 1. The number of hydrogen-bond acceptors (Lipinski definition) is 6. The number of ether oxygens (including phenoxy) is 1. The van der Waals surface area contributed by atoms with Crippen molar-refractivity contribution in [2.24, 2.45) is 0 Å². The maximum absolute atomic E-state index is 12.5. The smallest absolute Gasteiger partial charge is 0.322 e. The van der Waals surface area contributed by atoms with Gasteiger partial charge in [0.15, 0.2) is 0 Å². The third kappa shape index (κ3) is 3.75. The molecule has 0 aliphatic carbocycles. The van der Waals surface area contributed by atoms with Crippen LogP contribution in [-0.2, 0) is 4.74 Å². The Hall–Kier alpha value is -2.74. The van der Waals surface area contributed by atoms with Crippen LogP contribution in [0.5, 0.6) is 0 Å². The summed E-state index contributed by atoms with van der Waals surface area (Å²) in [6.45, 7) is 3.48. The van der Waals surface area contributed by atoms with Gasteiger partial charge in [0, 0.05) is 32.0 Å². The summed E-state index contributed by atoms with van der Waals surface area (Å²) in [4.78, 5) is 29.5. The molecule has 2 aromatic rings. The Balaban J connectivity index is 1.43. The molecule has 1 N–H and O–H groups in total. The largest absolute Gasteiger partial charge is 0.368 e. The molecule has 1 unspecified atom stereocenters. The van der Waals surface area contributed by atoms with E-state index in [0.717, 1.165) is 24.7 Å². The third-order valence-corrected chi connectivity index (χ3v) is 4.65. The highest BCUT2D eigenvalue weighted by molar-refractivity contribution is 5.89. The van der Waals surface area contributed by atoms with Crippen molar-refractivity contribution in [2.75, 3.05) is 43.0 Å². The zero-order chi connectivity index (χ0) is 17.8. The lowest BCUT2D eigenvalue weighted by Crippen LogP contribution is -2.44. The average molecular weight is 354 g/mol. The van der Waals surface area contributed by atoms with Crippen LogP contribution >= 0.6 is 0 Å². The van der Waals surface area contributed by atoms with Gasteiger partial charge in [0.05, 0.1) is 30.7 Å². The van der Waals surface area contributed by atoms with E-state index in [1.165, 1.54) is 12.8 Å². The number of urea groups is 1. The standard InChI is InChI=1S/C18H22N6O2/c25-18(21-14-4-3-6-19-12-14)24-10-11-26-16(13-24)15-5-7-20-17(22-15)23-8-1-2-9-23/h3-7,12,16H,1-2,8-11,13H2,(H,21,25). The molecule has 4 rings (SSSR count). The predicted molar refractivity (Wildman–Crippen MR) is 97.0 cm³/mol. The van der Waals surface area contributed by atoms with Gasteiger partial charge in [0.2, 0.25) is 5.95 Å². The summed E-state index contributed by atoms with van der Waals surface area (Å²) in [5, 5.41) is 2.87. The molecular formula is C18H22N6O2. The monoisotopic (exact) mass is 354 g/mol. The predicted octanol–water partition coefficient (Wildman–Crippen LogP) is 2.08. The fourth-order valence-corrected chi connectivity index (χ4v) is 3.26. The lowest BCUT2D eigenvalue weighted by molar-refractivity contribution is -0.0157.